The standard InChI is InChI=1S/C11H13N3O2/c12-5-9-4-8(6-15-9)11-13-10(14-16-11)3-7-1-2-7/h4,6-7H,1-3,5,12H2. The van der Waals surface area contributed by atoms with Gasteiger partial charge in [-0.2, -0.15) is 4.98 Å². The van der Waals surface area contributed by atoms with Crippen LogP contribution in [-0.2, 0) is 13.0 Å². The number of aromatic nitrogens is 2. The summed E-state index contributed by atoms with van der Waals surface area (Å²) in [6.45, 7) is 0.378. The number of furan rings is 1. The molecule has 0 saturated heterocycles. The van der Waals surface area contributed by atoms with Gasteiger partial charge in [0.25, 0.3) is 5.89 Å². The van der Waals surface area contributed by atoms with Crippen molar-refractivity contribution in [3.8, 4) is 11.5 Å². The molecule has 3 rings (SSSR count). The van der Waals surface area contributed by atoms with E-state index in [0.717, 1.165) is 29.5 Å². The lowest BCUT2D eigenvalue weighted by Gasteiger charge is -1.85. The average molecular weight is 219 g/mol. The molecular formula is C11H13N3O2. The summed E-state index contributed by atoms with van der Waals surface area (Å²) in [6.07, 6.45) is 5.08. The molecule has 5 nitrogen and oxygen atoms in total. The predicted molar refractivity (Wildman–Crippen MR) is 56.3 cm³/mol. The van der Waals surface area contributed by atoms with Crippen molar-refractivity contribution in [1.29, 1.82) is 0 Å². The molecule has 0 aromatic carbocycles. The van der Waals surface area contributed by atoms with E-state index >= 15 is 0 Å². The molecule has 0 bridgehead atoms. The fraction of sp³-hybridized carbons (Fsp3) is 0.455. The van der Waals surface area contributed by atoms with Gasteiger partial charge in [0.05, 0.1) is 12.1 Å². The Balaban J connectivity index is 1.79. The lowest BCUT2D eigenvalue weighted by Crippen LogP contribution is -1.92. The van der Waals surface area contributed by atoms with Crippen molar-refractivity contribution in [3.63, 3.8) is 0 Å². The van der Waals surface area contributed by atoms with Crippen LogP contribution in [0.3, 0.4) is 0 Å². The lowest BCUT2D eigenvalue weighted by molar-refractivity contribution is 0.420. The van der Waals surface area contributed by atoms with Gasteiger partial charge in [-0.1, -0.05) is 5.16 Å². The zero-order valence-electron chi connectivity index (χ0n) is 8.85. The van der Waals surface area contributed by atoms with E-state index in [1.807, 2.05) is 6.07 Å². The van der Waals surface area contributed by atoms with Crippen molar-refractivity contribution in [2.45, 2.75) is 25.8 Å². The highest BCUT2D eigenvalue weighted by Crippen LogP contribution is 2.32. The maximum atomic E-state index is 5.46. The van der Waals surface area contributed by atoms with E-state index in [1.54, 1.807) is 6.26 Å². The molecule has 0 aliphatic heterocycles. The van der Waals surface area contributed by atoms with Crippen LogP contribution in [0.25, 0.3) is 11.5 Å². The Morgan fingerprint density at radius 1 is 1.44 bits per heavy atom. The molecule has 16 heavy (non-hydrogen) atoms. The first-order valence-electron chi connectivity index (χ1n) is 5.45. The average Bonchev–Trinajstić information content (AvgIpc) is 2.83. The van der Waals surface area contributed by atoms with Crippen LogP contribution in [-0.4, -0.2) is 10.1 Å². The third kappa shape index (κ3) is 1.86. The van der Waals surface area contributed by atoms with Gasteiger partial charge >= 0.3 is 0 Å². The summed E-state index contributed by atoms with van der Waals surface area (Å²) >= 11 is 0. The number of rotatable bonds is 4. The number of nitrogens with two attached hydrogens (primary N) is 1. The molecule has 1 aliphatic carbocycles. The van der Waals surface area contributed by atoms with Gasteiger partial charge in [-0.15, -0.1) is 0 Å². The second-order valence-electron chi connectivity index (χ2n) is 4.17. The topological polar surface area (TPSA) is 78.1 Å². The van der Waals surface area contributed by atoms with Gasteiger partial charge in [0, 0.05) is 6.42 Å². The number of hydrogen-bond donors (Lipinski definition) is 1. The van der Waals surface area contributed by atoms with Crippen molar-refractivity contribution in [2.24, 2.45) is 11.7 Å². The smallest absolute Gasteiger partial charge is 0.261 e. The van der Waals surface area contributed by atoms with E-state index in [4.69, 9.17) is 14.7 Å². The minimum absolute atomic E-state index is 0.378. The van der Waals surface area contributed by atoms with Crippen LogP contribution in [0.2, 0.25) is 0 Å². The van der Waals surface area contributed by atoms with Gasteiger partial charge < -0.3 is 14.7 Å². The molecule has 2 aromatic heterocycles. The zero-order valence-corrected chi connectivity index (χ0v) is 8.85. The van der Waals surface area contributed by atoms with Crippen LogP contribution in [0.5, 0.6) is 0 Å². The minimum atomic E-state index is 0.378. The fourth-order valence-corrected chi connectivity index (χ4v) is 1.63. The van der Waals surface area contributed by atoms with E-state index in [-0.39, 0.29) is 0 Å². The third-order valence-electron chi connectivity index (χ3n) is 2.74. The predicted octanol–water partition coefficient (Wildman–Crippen LogP) is 1.74. The van der Waals surface area contributed by atoms with Crippen molar-refractivity contribution in [3.05, 3.63) is 23.9 Å². The van der Waals surface area contributed by atoms with E-state index in [0.29, 0.717) is 12.4 Å². The summed E-state index contributed by atoms with van der Waals surface area (Å²) in [5, 5.41) is 3.95. The van der Waals surface area contributed by atoms with E-state index in [1.165, 1.54) is 12.8 Å². The van der Waals surface area contributed by atoms with Gasteiger partial charge in [-0.05, 0) is 24.8 Å². The molecule has 1 aliphatic rings. The minimum Gasteiger partial charge on any atom is -0.467 e. The Morgan fingerprint density at radius 3 is 3.00 bits per heavy atom. The summed E-state index contributed by atoms with van der Waals surface area (Å²) < 4.78 is 10.4. The largest absolute Gasteiger partial charge is 0.467 e. The van der Waals surface area contributed by atoms with Crippen LogP contribution in [0.15, 0.2) is 21.3 Å². The van der Waals surface area contributed by atoms with Crippen LogP contribution in [0.1, 0.15) is 24.4 Å². The SMILES string of the molecule is NCc1cc(-c2nc(CC3CC3)no2)co1. The van der Waals surface area contributed by atoms with Crippen molar-refractivity contribution >= 4 is 0 Å². The Bertz CT molecular complexity index is 485. The number of hydrogen-bond acceptors (Lipinski definition) is 5. The molecule has 0 radical (unpaired) electrons. The first-order chi connectivity index (χ1) is 7.85. The summed E-state index contributed by atoms with van der Waals surface area (Å²) in [6, 6.07) is 1.83. The number of nitrogens with zero attached hydrogens (tertiary/aromatic N) is 2. The molecule has 2 heterocycles. The highest BCUT2D eigenvalue weighted by Gasteiger charge is 2.24. The second kappa shape index (κ2) is 3.75. The van der Waals surface area contributed by atoms with Crippen LogP contribution < -0.4 is 5.73 Å². The van der Waals surface area contributed by atoms with Crippen LogP contribution in [0.4, 0.5) is 0 Å². The molecule has 1 saturated carbocycles. The van der Waals surface area contributed by atoms with Gasteiger partial charge in [0.15, 0.2) is 5.82 Å². The molecule has 0 unspecified atom stereocenters. The van der Waals surface area contributed by atoms with Crippen LogP contribution in [0, 0.1) is 5.92 Å². The Hall–Kier alpha value is -1.62. The Kier molecular flexibility index (Phi) is 2.25. The van der Waals surface area contributed by atoms with Crippen molar-refractivity contribution in [1.82, 2.24) is 10.1 Å². The summed E-state index contributed by atoms with van der Waals surface area (Å²) in [5.41, 5.74) is 6.26. The first kappa shape index (κ1) is 9.59. The molecule has 84 valence electrons. The van der Waals surface area contributed by atoms with Gasteiger partial charge in [0.1, 0.15) is 12.0 Å². The summed E-state index contributed by atoms with van der Waals surface area (Å²) in [7, 11) is 0. The van der Waals surface area contributed by atoms with Gasteiger partial charge in [-0.25, -0.2) is 0 Å². The fourth-order valence-electron chi connectivity index (χ4n) is 1.63. The molecule has 0 amide bonds. The van der Waals surface area contributed by atoms with E-state index in [9.17, 15) is 0 Å². The van der Waals surface area contributed by atoms with Crippen molar-refractivity contribution in [2.75, 3.05) is 0 Å². The second-order valence-corrected chi connectivity index (χ2v) is 4.17. The monoisotopic (exact) mass is 219 g/mol. The molecule has 2 aromatic rings. The highest BCUT2D eigenvalue weighted by atomic mass is 16.5. The highest BCUT2D eigenvalue weighted by molar-refractivity contribution is 5.51. The first-order valence-corrected chi connectivity index (χ1v) is 5.45. The molecular weight excluding hydrogens is 206 g/mol. The van der Waals surface area contributed by atoms with E-state index in [2.05, 4.69) is 10.1 Å². The zero-order chi connectivity index (χ0) is 11.0. The van der Waals surface area contributed by atoms with Crippen LogP contribution >= 0.6 is 0 Å². The Labute approximate surface area is 92.6 Å². The van der Waals surface area contributed by atoms with Crippen molar-refractivity contribution < 1.29 is 8.94 Å². The third-order valence-corrected chi connectivity index (χ3v) is 2.74. The quantitative estimate of drug-likeness (QED) is 0.847. The summed E-state index contributed by atoms with van der Waals surface area (Å²) in [5.74, 6) is 2.78. The van der Waals surface area contributed by atoms with Gasteiger partial charge in [-0.3, -0.25) is 0 Å². The Morgan fingerprint density at radius 2 is 2.31 bits per heavy atom. The molecule has 1 fully saturated rings. The molecule has 0 atom stereocenters. The molecule has 0 spiro atoms. The van der Waals surface area contributed by atoms with E-state index < -0.39 is 0 Å². The van der Waals surface area contributed by atoms with Gasteiger partial charge in [0.2, 0.25) is 0 Å². The normalized spacial score (nSPS) is 15.6. The molecule has 5 heteroatoms. The maximum Gasteiger partial charge on any atom is 0.261 e. The summed E-state index contributed by atoms with van der Waals surface area (Å²) in [4.78, 5) is 4.33. The molecule has 2 N–H and O–H groups in total. The lowest BCUT2D eigenvalue weighted by atomic mass is 10.3. The maximum absolute atomic E-state index is 5.46.